The van der Waals surface area contributed by atoms with Gasteiger partial charge < -0.3 is 10.2 Å². The predicted octanol–water partition coefficient (Wildman–Crippen LogP) is 5.61. The molecule has 2 N–H and O–H groups in total. The summed E-state index contributed by atoms with van der Waals surface area (Å²) in [7, 11) is 3.99. The number of aromatic nitrogens is 1. The number of benzene rings is 2. The number of dihydropyridines is 1. The Morgan fingerprint density at radius 1 is 1.11 bits per heavy atom. The maximum absolute atomic E-state index is 13.7. The molecule has 2 aromatic carbocycles. The van der Waals surface area contributed by atoms with E-state index in [0.29, 0.717) is 22.7 Å². The Morgan fingerprint density at radius 2 is 1.83 bits per heavy atom. The van der Waals surface area contributed by atoms with Gasteiger partial charge in [-0.05, 0) is 48.6 Å². The number of thiazole rings is 1. The quantitative estimate of drug-likeness (QED) is 0.502. The number of hydrogen-bond donors (Lipinski definition) is 2. The Labute approximate surface area is 209 Å². The van der Waals surface area contributed by atoms with Crippen LogP contribution < -0.4 is 15.5 Å². The first-order chi connectivity index (χ1) is 16.6. The third-order valence-electron chi connectivity index (χ3n) is 6.74. The van der Waals surface area contributed by atoms with E-state index in [1.54, 1.807) is 0 Å². The molecule has 0 bridgehead atoms. The highest BCUT2D eigenvalue weighted by Crippen LogP contribution is 2.47. The first-order valence-electron chi connectivity index (χ1n) is 11.8. The Hall–Kier alpha value is -3.45. The van der Waals surface area contributed by atoms with Gasteiger partial charge >= 0.3 is 0 Å². The van der Waals surface area contributed by atoms with Gasteiger partial charge in [0.25, 0.3) is 5.91 Å². The highest BCUT2D eigenvalue weighted by molar-refractivity contribution is 7.22. The molecule has 1 aromatic heterocycles. The van der Waals surface area contributed by atoms with E-state index < -0.39 is 5.92 Å². The van der Waals surface area contributed by atoms with Crippen LogP contribution in [-0.2, 0) is 9.59 Å². The Balaban J connectivity index is 1.57. The van der Waals surface area contributed by atoms with E-state index >= 15 is 0 Å². The van der Waals surface area contributed by atoms with Crippen LogP contribution in [0.25, 0.3) is 10.2 Å². The summed E-state index contributed by atoms with van der Waals surface area (Å²) in [4.78, 5) is 33.8. The van der Waals surface area contributed by atoms with Gasteiger partial charge in [0.2, 0.25) is 0 Å². The van der Waals surface area contributed by atoms with E-state index in [2.05, 4.69) is 29.5 Å². The standard InChI is InChI=1S/C28H30N4O2S/c1-16-23(26(34)31-27-30-19-8-6-7-9-22(19)35-27)24(17-10-12-18(13-11-17)32(4)5)25-20(29-16)14-28(2,3)15-21(25)33/h6-13,24,29H,14-15H2,1-5H3,(H,30,31,34)/t24-/m0/s1. The second kappa shape index (κ2) is 8.64. The molecule has 1 aliphatic heterocycles. The van der Waals surface area contributed by atoms with Crippen LogP contribution in [0.4, 0.5) is 10.8 Å². The van der Waals surface area contributed by atoms with Gasteiger partial charge in [0, 0.05) is 54.7 Å². The molecule has 7 heteroatoms. The summed E-state index contributed by atoms with van der Waals surface area (Å²) in [5.41, 5.74) is 5.71. The van der Waals surface area contributed by atoms with Gasteiger partial charge in [-0.15, -0.1) is 0 Å². The number of hydrogen-bond acceptors (Lipinski definition) is 6. The smallest absolute Gasteiger partial charge is 0.256 e. The maximum Gasteiger partial charge on any atom is 0.256 e. The van der Waals surface area contributed by atoms with Crippen LogP contribution in [-0.4, -0.2) is 30.8 Å². The zero-order chi connectivity index (χ0) is 24.9. The average molecular weight is 487 g/mol. The minimum atomic E-state index is -0.430. The molecule has 0 radical (unpaired) electrons. The van der Waals surface area contributed by atoms with Crippen LogP contribution in [0, 0.1) is 5.41 Å². The summed E-state index contributed by atoms with van der Waals surface area (Å²) in [6.45, 7) is 6.15. The molecule has 1 atom stereocenters. The lowest BCUT2D eigenvalue weighted by Gasteiger charge is -2.39. The minimum Gasteiger partial charge on any atom is -0.378 e. The molecule has 2 aliphatic rings. The fourth-order valence-electron chi connectivity index (χ4n) is 5.13. The minimum absolute atomic E-state index is 0.100. The SMILES string of the molecule is CC1=C(C(=O)Nc2nc3ccccc3s2)[C@H](c2ccc(N(C)C)cc2)C2=C(CC(C)(C)CC2=O)N1. The van der Waals surface area contributed by atoms with Gasteiger partial charge in [-0.3, -0.25) is 14.9 Å². The Bertz CT molecular complexity index is 1360. The van der Waals surface area contributed by atoms with Crippen molar-refractivity contribution in [2.45, 2.75) is 39.5 Å². The number of fused-ring (bicyclic) bond motifs is 1. The number of carbonyl (C=O) groups is 2. The highest BCUT2D eigenvalue weighted by atomic mass is 32.1. The molecule has 1 aliphatic carbocycles. The number of amides is 1. The fourth-order valence-corrected chi connectivity index (χ4v) is 5.99. The van der Waals surface area contributed by atoms with Crippen molar-refractivity contribution in [2.75, 3.05) is 24.3 Å². The summed E-state index contributed by atoms with van der Waals surface area (Å²) in [6, 6.07) is 15.9. The van der Waals surface area contributed by atoms with Crippen molar-refractivity contribution in [1.29, 1.82) is 0 Å². The van der Waals surface area contributed by atoms with E-state index in [-0.39, 0.29) is 17.1 Å². The molecule has 6 nitrogen and oxygen atoms in total. The number of rotatable bonds is 4. The summed E-state index contributed by atoms with van der Waals surface area (Å²) in [6.07, 6.45) is 1.23. The van der Waals surface area contributed by atoms with Crippen molar-refractivity contribution < 1.29 is 9.59 Å². The summed E-state index contributed by atoms with van der Waals surface area (Å²) >= 11 is 1.45. The monoisotopic (exact) mass is 486 g/mol. The first kappa shape index (κ1) is 23.3. The van der Waals surface area contributed by atoms with E-state index in [1.807, 2.05) is 74.4 Å². The molecule has 0 unspecified atom stereocenters. The van der Waals surface area contributed by atoms with E-state index in [1.165, 1.54) is 11.3 Å². The van der Waals surface area contributed by atoms with E-state index in [4.69, 9.17) is 0 Å². The number of ketones is 1. The van der Waals surface area contributed by atoms with Crippen molar-refractivity contribution >= 4 is 44.1 Å². The summed E-state index contributed by atoms with van der Waals surface area (Å²) in [5, 5.41) is 7.00. The molecular formula is C28H30N4O2S. The zero-order valence-corrected chi connectivity index (χ0v) is 21.5. The maximum atomic E-state index is 13.7. The van der Waals surface area contributed by atoms with Gasteiger partial charge in [-0.1, -0.05) is 49.4 Å². The molecule has 1 amide bonds. The van der Waals surface area contributed by atoms with Crippen molar-refractivity contribution in [3.8, 4) is 0 Å². The van der Waals surface area contributed by atoms with Crippen molar-refractivity contribution in [3.63, 3.8) is 0 Å². The normalized spacial score (nSPS) is 19.5. The van der Waals surface area contributed by atoms with Crippen LogP contribution in [0.2, 0.25) is 0 Å². The number of nitrogens with zero attached hydrogens (tertiary/aromatic N) is 2. The van der Waals surface area contributed by atoms with Crippen LogP contribution in [0.1, 0.15) is 45.1 Å². The number of nitrogens with one attached hydrogen (secondary N) is 2. The fraction of sp³-hybridized carbons (Fsp3) is 0.321. The molecule has 0 fully saturated rings. The third kappa shape index (κ3) is 4.36. The number of anilines is 2. The van der Waals surface area contributed by atoms with Gasteiger partial charge in [0.1, 0.15) is 0 Å². The van der Waals surface area contributed by atoms with Crippen molar-refractivity contribution in [1.82, 2.24) is 10.3 Å². The summed E-state index contributed by atoms with van der Waals surface area (Å²) < 4.78 is 1.01. The Morgan fingerprint density at radius 3 is 2.51 bits per heavy atom. The topological polar surface area (TPSA) is 74.3 Å². The molecule has 35 heavy (non-hydrogen) atoms. The van der Waals surface area contributed by atoms with E-state index in [9.17, 15) is 9.59 Å². The molecule has 2 heterocycles. The van der Waals surface area contributed by atoms with Crippen LogP contribution in [0.15, 0.2) is 71.1 Å². The number of para-hydroxylation sites is 1. The molecule has 0 spiro atoms. The average Bonchev–Trinajstić information content (AvgIpc) is 3.19. The number of Topliss-reactive ketones (excluding diaryl/α,β-unsaturated/α-hetero) is 1. The zero-order valence-electron chi connectivity index (χ0n) is 20.7. The highest BCUT2D eigenvalue weighted by Gasteiger charge is 2.42. The van der Waals surface area contributed by atoms with Crippen molar-refractivity contribution in [2.24, 2.45) is 5.41 Å². The summed E-state index contributed by atoms with van der Waals surface area (Å²) in [5.74, 6) is -0.566. The largest absolute Gasteiger partial charge is 0.378 e. The molecule has 0 saturated heterocycles. The van der Waals surface area contributed by atoms with Crippen LogP contribution in [0.5, 0.6) is 0 Å². The van der Waals surface area contributed by atoms with Gasteiger partial charge in [0.05, 0.1) is 10.2 Å². The van der Waals surface area contributed by atoms with Crippen LogP contribution >= 0.6 is 11.3 Å². The second-order valence-corrected chi connectivity index (χ2v) is 11.4. The molecule has 180 valence electrons. The lowest BCUT2D eigenvalue weighted by molar-refractivity contribution is -0.118. The lowest BCUT2D eigenvalue weighted by atomic mass is 9.68. The van der Waals surface area contributed by atoms with Crippen molar-refractivity contribution in [3.05, 3.63) is 76.6 Å². The first-order valence-corrected chi connectivity index (χ1v) is 12.6. The number of carbonyl (C=O) groups excluding carboxylic acids is 2. The predicted molar refractivity (Wildman–Crippen MR) is 143 cm³/mol. The van der Waals surface area contributed by atoms with Gasteiger partial charge in [0.15, 0.2) is 10.9 Å². The molecule has 0 saturated carbocycles. The van der Waals surface area contributed by atoms with Crippen LogP contribution in [0.3, 0.4) is 0 Å². The third-order valence-corrected chi connectivity index (χ3v) is 7.69. The lowest BCUT2D eigenvalue weighted by Crippen LogP contribution is -2.39. The van der Waals surface area contributed by atoms with E-state index in [0.717, 1.165) is 39.3 Å². The molecular weight excluding hydrogens is 456 g/mol. The number of allylic oxidation sites excluding steroid dienone is 3. The molecule has 3 aromatic rings. The van der Waals surface area contributed by atoms with Gasteiger partial charge in [-0.25, -0.2) is 4.98 Å². The Kier molecular flexibility index (Phi) is 5.75. The second-order valence-electron chi connectivity index (χ2n) is 10.4. The molecule has 5 rings (SSSR count). The van der Waals surface area contributed by atoms with Gasteiger partial charge in [-0.2, -0.15) is 0 Å².